The van der Waals surface area contributed by atoms with E-state index in [0.29, 0.717) is 18.2 Å². The van der Waals surface area contributed by atoms with Gasteiger partial charge in [0.05, 0.1) is 12.7 Å². The summed E-state index contributed by atoms with van der Waals surface area (Å²) in [5, 5.41) is 3.84. The van der Waals surface area contributed by atoms with Crippen LogP contribution < -0.4 is 5.32 Å². The normalized spacial score (nSPS) is 27.6. The van der Waals surface area contributed by atoms with Crippen LogP contribution in [0.15, 0.2) is 30.3 Å². The summed E-state index contributed by atoms with van der Waals surface area (Å²) in [6.07, 6.45) is 7.70. The summed E-state index contributed by atoms with van der Waals surface area (Å²) in [5.74, 6) is 0. The topological polar surface area (TPSA) is 30.5 Å². The predicted octanol–water partition coefficient (Wildman–Crippen LogP) is 3.28. The molecule has 1 N–H and O–H groups in total. The van der Waals surface area contributed by atoms with Gasteiger partial charge in [-0.05, 0) is 31.2 Å². The summed E-state index contributed by atoms with van der Waals surface area (Å²) in [4.78, 5) is 0. The van der Waals surface area contributed by atoms with E-state index in [2.05, 4.69) is 35.6 Å². The number of rotatable bonds is 5. The molecule has 1 aromatic rings. The highest BCUT2D eigenvalue weighted by molar-refractivity contribution is 5.13. The summed E-state index contributed by atoms with van der Waals surface area (Å²) in [6.45, 7) is 2.54. The van der Waals surface area contributed by atoms with Crippen molar-refractivity contribution in [3.63, 3.8) is 0 Å². The summed E-state index contributed by atoms with van der Waals surface area (Å²) in [6, 6.07) is 11.6. The van der Waals surface area contributed by atoms with Crippen LogP contribution in [0.1, 0.15) is 44.1 Å². The van der Waals surface area contributed by atoms with E-state index in [1.54, 1.807) is 0 Å². The van der Waals surface area contributed by atoms with Crippen molar-refractivity contribution >= 4 is 0 Å². The van der Waals surface area contributed by atoms with Gasteiger partial charge in [-0.2, -0.15) is 0 Å². The van der Waals surface area contributed by atoms with Crippen molar-refractivity contribution in [2.75, 3.05) is 13.2 Å². The van der Waals surface area contributed by atoms with Crippen LogP contribution in [0.25, 0.3) is 0 Å². The lowest BCUT2D eigenvalue weighted by molar-refractivity contribution is -0.0143. The Bertz CT molecular complexity index is 403. The van der Waals surface area contributed by atoms with Crippen LogP contribution in [0.3, 0.4) is 0 Å². The molecule has 116 valence electrons. The summed E-state index contributed by atoms with van der Waals surface area (Å²) in [7, 11) is 0. The standard InChI is InChI=1S/C18H27NO2/c1-2-6-15(7-3-1)14-21-18-9-5-4-8-17(18)19-16-10-12-20-13-11-16/h1-3,6-7,16-19H,4-5,8-14H2/t17-,18-/m0/s1. The third-order valence-electron chi connectivity index (χ3n) is 4.68. The van der Waals surface area contributed by atoms with Gasteiger partial charge in [0, 0.05) is 25.3 Å². The number of hydrogen-bond acceptors (Lipinski definition) is 3. The second-order valence-corrected chi connectivity index (χ2v) is 6.28. The highest BCUT2D eigenvalue weighted by Crippen LogP contribution is 2.24. The number of nitrogens with one attached hydrogen (secondary N) is 1. The highest BCUT2D eigenvalue weighted by Gasteiger charge is 2.28. The van der Waals surface area contributed by atoms with Crippen LogP contribution in [0.5, 0.6) is 0 Å². The van der Waals surface area contributed by atoms with Gasteiger partial charge < -0.3 is 14.8 Å². The molecule has 1 saturated heterocycles. The SMILES string of the molecule is c1ccc(CO[C@H]2CCCC[C@@H]2NC2CCOCC2)cc1. The first-order valence-corrected chi connectivity index (χ1v) is 8.41. The molecule has 3 nitrogen and oxygen atoms in total. The number of benzene rings is 1. The van der Waals surface area contributed by atoms with Gasteiger partial charge in [-0.15, -0.1) is 0 Å². The van der Waals surface area contributed by atoms with Gasteiger partial charge in [0.2, 0.25) is 0 Å². The molecule has 2 atom stereocenters. The van der Waals surface area contributed by atoms with E-state index in [1.807, 2.05) is 0 Å². The molecular formula is C18H27NO2. The van der Waals surface area contributed by atoms with Crippen molar-refractivity contribution in [3.8, 4) is 0 Å². The van der Waals surface area contributed by atoms with Crippen LogP contribution in [0.4, 0.5) is 0 Å². The Labute approximate surface area is 128 Å². The monoisotopic (exact) mass is 289 g/mol. The fourth-order valence-corrected chi connectivity index (χ4v) is 3.43. The second kappa shape index (κ2) is 7.92. The fraction of sp³-hybridized carbons (Fsp3) is 0.667. The Hall–Kier alpha value is -0.900. The first kappa shape index (κ1) is 15.0. The maximum absolute atomic E-state index is 6.23. The zero-order valence-corrected chi connectivity index (χ0v) is 12.8. The molecule has 0 spiro atoms. The first-order chi connectivity index (χ1) is 10.4. The molecule has 0 aromatic heterocycles. The molecule has 0 radical (unpaired) electrons. The van der Waals surface area contributed by atoms with Crippen molar-refractivity contribution < 1.29 is 9.47 Å². The molecule has 21 heavy (non-hydrogen) atoms. The van der Waals surface area contributed by atoms with Gasteiger partial charge >= 0.3 is 0 Å². The lowest BCUT2D eigenvalue weighted by Crippen LogP contribution is -2.49. The van der Waals surface area contributed by atoms with Gasteiger partial charge in [-0.1, -0.05) is 43.2 Å². The minimum Gasteiger partial charge on any atom is -0.381 e. The Kier molecular flexibility index (Phi) is 5.67. The average Bonchev–Trinajstić information content (AvgIpc) is 2.56. The van der Waals surface area contributed by atoms with Gasteiger partial charge in [0.15, 0.2) is 0 Å². The zero-order valence-electron chi connectivity index (χ0n) is 12.8. The lowest BCUT2D eigenvalue weighted by atomic mass is 9.91. The molecule has 1 saturated carbocycles. The van der Waals surface area contributed by atoms with E-state index in [4.69, 9.17) is 9.47 Å². The molecule has 1 aromatic carbocycles. The highest BCUT2D eigenvalue weighted by atomic mass is 16.5. The molecule has 0 unspecified atom stereocenters. The molecule has 1 aliphatic heterocycles. The van der Waals surface area contributed by atoms with Crippen LogP contribution >= 0.6 is 0 Å². The Morgan fingerprint density at radius 2 is 1.76 bits per heavy atom. The molecule has 2 fully saturated rings. The maximum Gasteiger partial charge on any atom is 0.0732 e. The Morgan fingerprint density at radius 3 is 2.57 bits per heavy atom. The first-order valence-electron chi connectivity index (χ1n) is 8.41. The van der Waals surface area contributed by atoms with E-state index < -0.39 is 0 Å². The van der Waals surface area contributed by atoms with E-state index >= 15 is 0 Å². The molecule has 1 heterocycles. The lowest BCUT2D eigenvalue weighted by Gasteiger charge is -2.36. The largest absolute Gasteiger partial charge is 0.381 e. The third kappa shape index (κ3) is 4.53. The summed E-state index contributed by atoms with van der Waals surface area (Å²) >= 11 is 0. The van der Waals surface area contributed by atoms with Crippen LogP contribution in [0.2, 0.25) is 0 Å². The minimum absolute atomic E-state index is 0.363. The Balaban J connectivity index is 1.51. The molecule has 3 heteroatoms. The zero-order chi connectivity index (χ0) is 14.3. The van der Waals surface area contributed by atoms with Crippen LogP contribution in [-0.2, 0) is 16.1 Å². The van der Waals surface area contributed by atoms with E-state index in [0.717, 1.165) is 32.7 Å². The van der Waals surface area contributed by atoms with Crippen molar-refractivity contribution in [1.29, 1.82) is 0 Å². The fourth-order valence-electron chi connectivity index (χ4n) is 3.43. The molecule has 2 aliphatic rings. The van der Waals surface area contributed by atoms with Crippen molar-refractivity contribution in [1.82, 2.24) is 5.32 Å². The second-order valence-electron chi connectivity index (χ2n) is 6.28. The van der Waals surface area contributed by atoms with Crippen molar-refractivity contribution in [3.05, 3.63) is 35.9 Å². The maximum atomic E-state index is 6.23. The molecule has 1 aliphatic carbocycles. The molecule has 3 rings (SSSR count). The predicted molar refractivity (Wildman–Crippen MR) is 84.3 cm³/mol. The van der Waals surface area contributed by atoms with E-state index in [1.165, 1.54) is 31.2 Å². The minimum atomic E-state index is 0.363. The van der Waals surface area contributed by atoms with Crippen molar-refractivity contribution in [2.24, 2.45) is 0 Å². The van der Waals surface area contributed by atoms with Gasteiger partial charge in [-0.3, -0.25) is 0 Å². The summed E-state index contributed by atoms with van der Waals surface area (Å²) in [5.41, 5.74) is 1.27. The van der Waals surface area contributed by atoms with Crippen molar-refractivity contribution in [2.45, 2.75) is 63.3 Å². The quantitative estimate of drug-likeness (QED) is 0.902. The smallest absolute Gasteiger partial charge is 0.0732 e. The number of ether oxygens (including phenoxy) is 2. The van der Waals surface area contributed by atoms with Crippen LogP contribution in [0, 0.1) is 0 Å². The third-order valence-corrected chi connectivity index (χ3v) is 4.68. The molecule has 0 bridgehead atoms. The van der Waals surface area contributed by atoms with Gasteiger partial charge in [0.25, 0.3) is 0 Å². The average molecular weight is 289 g/mol. The van der Waals surface area contributed by atoms with Gasteiger partial charge in [-0.25, -0.2) is 0 Å². The number of hydrogen-bond donors (Lipinski definition) is 1. The van der Waals surface area contributed by atoms with E-state index in [-0.39, 0.29) is 0 Å². The van der Waals surface area contributed by atoms with Crippen LogP contribution in [-0.4, -0.2) is 31.4 Å². The van der Waals surface area contributed by atoms with E-state index in [9.17, 15) is 0 Å². The Morgan fingerprint density at radius 1 is 1.00 bits per heavy atom. The summed E-state index contributed by atoms with van der Waals surface area (Å²) < 4.78 is 11.7. The molecule has 0 amide bonds. The molecular weight excluding hydrogens is 262 g/mol. The van der Waals surface area contributed by atoms with Gasteiger partial charge in [0.1, 0.15) is 0 Å².